The number of nitrogens with two attached hydrogens (primary N) is 1. The molecule has 0 spiro atoms. The van der Waals surface area contributed by atoms with Gasteiger partial charge in [-0.15, -0.1) is 16.4 Å². The zero-order valence-electron chi connectivity index (χ0n) is 17.1. The number of carbonyl (C=O) groups is 1. The molecule has 3 heterocycles. The number of anilines is 1. The number of nitrogens with zero attached hydrogens (tertiary/aromatic N) is 7. The Bertz CT molecular complexity index is 1360. The van der Waals surface area contributed by atoms with E-state index < -0.39 is 10.8 Å². The third-order valence-corrected chi connectivity index (χ3v) is 5.33. The molecule has 15 heteroatoms. The summed E-state index contributed by atoms with van der Waals surface area (Å²) in [7, 11) is 1.34. The third kappa shape index (κ3) is 4.11. The van der Waals surface area contributed by atoms with Gasteiger partial charge in [0.25, 0.3) is 5.91 Å². The second kappa shape index (κ2) is 8.83. The van der Waals surface area contributed by atoms with Crippen molar-refractivity contribution in [1.82, 2.24) is 30.7 Å². The molecule has 33 heavy (non-hydrogen) atoms. The number of benzene rings is 1. The van der Waals surface area contributed by atoms with Crippen LogP contribution in [0.1, 0.15) is 23.0 Å². The normalized spacial score (nSPS) is 11.4. The van der Waals surface area contributed by atoms with Crippen molar-refractivity contribution in [3.63, 3.8) is 0 Å². The van der Waals surface area contributed by atoms with Crippen molar-refractivity contribution in [3.05, 3.63) is 57.1 Å². The average Bonchev–Trinajstić information content (AvgIpc) is 3.56. The Morgan fingerprint density at radius 1 is 1.36 bits per heavy atom. The van der Waals surface area contributed by atoms with Gasteiger partial charge in [-0.05, 0) is 40.8 Å². The lowest BCUT2D eigenvalue weighted by molar-refractivity contribution is -0.385. The standard InChI is InChI=1S/C18H15N9O5S/c1-9(10-5-6-12(31-2)11(8-10)27(29)30)20-22-18(28)14-15(13-4-3-7-33-13)26(25-21-14)17-16(19)23-32-24-17/h3-8H,1-2H3,(H2,19,23)(H,22,28)/b20-9+. The van der Waals surface area contributed by atoms with Gasteiger partial charge in [0.05, 0.1) is 22.6 Å². The Kier molecular flexibility index (Phi) is 5.77. The maximum absolute atomic E-state index is 12.9. The van der Waals surface area contributed by atoms with E-state index in [4.69, 9.17) is 10.5 Å². The zero-order chi connectivity index (χ0) is 23.5. The molecule has 0 bridgehead atoms. The number of nitro benzene ring substituents is 1. The molecule has 0 saturated carbocycles. The summed E-state index contributed by atoms with van der Waals surface area (Å²) in [5, 5.41) is 32.3. The summed E-state index contributed by atoms with van der Waals surface area (Å²) >= 11 is 1.35. The number of hydrazone groups is 1. The van der Waals surface area contributed by atoms with Crippen molar-refractivity contribution < 1.29 is 19.1 Å². The number of nitro groups is 1. The highest BCUT2D eigenvalue weighted by atomic mass is 32.1. The fourth-order valence-corrected chi connectivity index (χ4v) is 3.62. The summed E-state index contributed by atoms with van der Waals surface area (Å²) in [4.78, 5) is 24.2. The molecule has 0 aliphatic heterocycles. The largest absolute Gasteiger partial charge is 0.490 e. The number of aromatic nitrogens is 5. The van der Waals surface area contributed by atoms with Crippen molar-refractivity contribution in [2.75, 3.05) is 12.8 Å². The fourth-order valence-electron chi connectivity index (χ4n) is 2.87. The van der Waals surface area contributed by atoms with Gasteiger partial charge in [-0.1, -0.05) is 11.3 Å². The first-order valence-electron chi connectivity index (χ1n) is 9.16. The maximum atomic E-state index is 12.9. The first-order chi connectivity index (χ1) is 15.9. The minimum absolute atomic E-state index is 0.0281. The number of ether oxygens (including phenoxy) is 1. The number of thiophene rings is 1. The van der Waals surface area contributed by atoms with Crippen molar-refractivity contribution >= 4 is 34.5 Å². The van der Waals surface area contributed by atoms with E-state index in [1.54, 1.807) is 25.1 Å². The van der Waals surface area contributed by atoms with Crippen LogP contribution in [-0.4, -0.2) is 49.0 Å². The van der Waals surface area contributed by atoms with Crippen LogP contribution in [0.2, 0.25) is 0 Å². The Labute approximate surface area is 188 Å². The molecule has 4 rings (SSSR count). The SMILES string of the molecule is COc1ccc(/C(C)=N/NC(=O)c2nnn(-c3nonc3N)c2-c2cccs2)cc1[N+](=O)[O-]. The maximum Gasteiger partial charge on any atom is 0.311 e. The van der Waals surface area contributed by atoms with Crippen molar-refractivity contribution in [3.8, 4) is 22.1 Å². The lowest BCUT2D eigenvalue weighted by Crippen LogP contribution is -2.20. The number of hydrogen-bond donors (Lipinski definition) is 2. The lowest BCUT2D eigenvalue weighted by atomic mass is 10.1. The molecule has 0 saturated heterocycles. The van der Waals surface area contributed by atoms with E-state index in [0.29, 0.717) is 21.8 Å². The van der Waals surface area contributed by atoms with E-state index in [2.05, 4.69) is 35.8 Å². The van der Waals surface area contributed by atoms with Crippen molar-refractivity contribution in [1.29, 1.82) is 0 Å². The molecule has 3 aromatic heterocycles. The van der Waals surface area contributed by atoms with Gasteiger partial charge in [-0.3, -0.25) is 14.9 Å². The van der Waals surface area contributed by atoms with E-state index in [1.807, 2.05) is 5.38 Å². The Hall–Kier alpha value is -4.66. The minimum Gasteiger partial charge on any atom is -0.490 e. The smallest absolute Gasteiger partial charge is 0.311 e. The van der Waals surface area contributed by atoms with Crippen LogP contribution in [0.25, 0.3) is 16.4 Å². The van der Waals surface area contributed by atoms with Crippen LogP contribution >= 0.6 is 11.3 Å². The van der Waals surface area contributed by atoms with Gasteiger partial charge in [0.15, 0.2) is 11.4 Å². The van der Waals surface area contributed by atoms with Crippen LogP contribution in [0.3, 0.4) is 0 Å². The summed E-state index contributed by atoms with van der Waals surface area (Å²) in [5.74, 6) is -0.503. The van der Waals surface area contributed by atoms with E-state index in [-0.39, 0.29) is 28.8 Å². The van der Waals surface area contributed by atoms with E-state index in [0.717, 1.165) is 0 Å². The summed E-state index contributed by atoms with van der Waals surface area (Å²) in [5.41, 5.74) is 8.96. The number of hydrogen-bond acceptors (Lipinski definition) is 12. The van der Waals surface area contributed by atoms with Crippen molar-refractivity contribution in [2.24, 2.45) is 5.10 Å². The first kappa shape index (κ1) is 21.6. The highest BCUT2D eigenvalue weighted by molar-refractivity contribution is 7.13. The van der Waals surface area contributed by atoms with Crippen LogP contribution in [-0.2, 0) is 0 Å². The molecule has 1 amide bonds. The van der Waals surface area contributed by atoms with Crippen molar-refractivity contribution in [2.45, 2.75) is 6.92 Å². The quantitative estimate of drug-likeness (QED) is 0.230. The third-order valence-electron chi connectivity index (χ3n) is 4.45. The molecule has 0 radical (unpaired) electrons. The first-order valence-corrected chi connectivity index (χ1v) is 10.0. The Morgan fingerprint density at radius 2 is 2.18 bits per heavy atom. The number of methoxy groups -OCH3 is 1. The Balaban J connectivity index is 1.65. The number of nitrogen functional groups attached to an aromatic ring is 1. The topological polar surface area (TPSA) is 189 Å². The predicted octanol–water partition coefficient (Wildman–Crippen LogP) is 2.03. The predicted molar refractivity (Wildman–Crippen MR) is 116 cm³/mol. The molecule has 1 aromatic carbocycles. The molecule has 3 N–H and O–H groups in total. The molecule has 0 atom stereocenters. The van der Waals surface area contributed by atoms with Crippen LogP contribution in [0, 0.1) is 10.1 Å². The van der Waals surface area contributed by atoms with Gasteiger partial charge in [-0.2, -0.15) is 9.78 Å². The lowest BCUT2D eigenvalue weighted by Gasteiger charge is -2.06. The minimum atomic E-state index is -0.665. The van der Waals surface area contributed by atoms with Gasteiger partial charge < -0.3 is 10.5 Å². The summed E-state index contributed by atoms with van der Waals surface area (Å²) in [6.45, 7) is 1.59. The van der Waals surface area contributed by atoms with Crippen LogP contribution in [0.5, 0.6) is 5.75 Å². The van der Waals surface area contributed by atoms with E-state index in [9.17, 15) is 14.9 Å². The van der Waals surface area contributed by atoms with Crippen LogP contribution in [0.15, 0.2) is 45.4 Å². The van der Waals surface area contributed by atoms with E-state index >= 15 is 0 Å². The monoisotopic (exact) mass is 469 g/mol. The number of carbonyl (C=O) groups excluding carboxylic acids is 1. The van der Waals surface area contributed by atoms with Gasteiger partial charge in [-0.25, -0.2) is 10.1 Å². The van der Waals surface area contributed by atoms with Gasteiger partial charge >= 0.3 is 5.69 Å². The number of amides is 1. The average molecular weight is 469 g/mol. The van der Waals surface area contributed by atoms with Gasteiger partial charge in [0.1, 0.15) is 5.69 Å². The molecule has 168 valence electrons. The molecule has 0 unspecified atom stereocenters. The fraction of sp³-hybridized carbons (Fsp3) is 0.111. The second-order valence-electron chi connectivity index (χ2n) is 6.43. The van der Waals surface area contributed by atoms with E-state index in [1.165, 1.54) is 35.3 Å². The van der Waals surface area contributed by atoms with Gasteiger partial charge in [0.2, 0.25) is 11.6 Å². The second-order valence-corrected chi connectivity index (χ2v) is 7.38. The molecular formula is C18H15N9O5S. The molecular weight excluding hydrogens is 454 g/mol. The van der Waals surface area contributed by atoms with Gasteiger partial charge in [0, 0.05) is 11.6 Å². The molecule has 0 aliphatic rings. The molecule has 0 aliphatic carbocycles. The zero-order valence-corrected chi connectivity index (χ0v) is 17.9. The Morgan fingerprint density at radius 3 is 2.82 bits per heavy atom. The summed E-state index contributed by atoms with van der Waals surface area (Å²) < 4.78 is 10.9. The number of rotatable bonds is 7. The molecule has 14 nitrogen and oxygen atoms in total. The summed E-state index contributed by atoms with van der Waals surface area (Å²) in [6, 6.07) is 7.90. The highest BCUT2D eigenvalue weighted by Gasteiger charge is 2.26. The molecule has 0 fully saturated rings. The van der Waals surface area contributed by atoms with Crippen LogP contribution in [0.4, 0.5) is 11.5 Å². The number of nitrogens with one attached hydrogen (secondary N) is 1. The summed E-state index contributed by atoms with van der Waals surface area (Å²) in [6.07, 6.45) is 0. The molecule has 4 aromatic rings. The highest BCUT2D eigenvalue weighted by Crippen LogP contribution is 2.30. The van der Waals surface area contributed by atoms with Crippen LogP contribution < -0.4 is 15.9 Å².